The molecule has 0 saturated carbocycles. The number of oxime groups is 1. The van der Waals surface area contributed by atoms with Crippen molar-refractivity contribution in [3.8, 4) is 0 Å². The lowest BCUT2D eigenvalue weighted by Gasteiger charge is -2.22. The van der Waals surface area contributed by atoms with Gasteiger partial charge < -0.3 is 10.2 Å². The molecule has 6 nitrogen and oxygen atoms in total. The molecule has 4 rings (SSSR count). The van der Waals surface area contributed by atoms with Gasteiger partial charge in [-0.15, -0.1) is 0 Å². The third-order valence-corrected chi connectivity index (χ3v) is 4.52. The van der Waals surface area contributed by atoms with Gasteiger partial charge in [0.15, 0.2) is 0 Å². The van der Waals surface area contributed by atoms with Crippen molar-refractivity contribution in [1.82, 2.24) is 9.88 Å². The average Bonchev–Trinajstić information content (AvgIpc) is 2.99. The Labute approximate surface area is 120 Å². The van der Waals surface area contributed by atoms with Crippen molar-refractivity contribution in [1.29, 1.82) is 0 Å². The highest BCUT2D eigenvalue weighted by Gasteiger charge is 2.51. The number of fused-ring (bicyclic) bond motifs is 5. The number of hydrogen-bond donors (Lipinski definition) is 2. The quantitative estimate of drug-likeness (QED) is 0.436. The summed E-state index contributed by atoms with van der Waals surface area (Å²) in [5.41, 5.74) is 2.77. The van der Waals surface area contributed by atoms with E-state index in [-0.39, 0.29) is 18.2 Å². The Balaban J connectivity index is 2.04. The maximum atomic E-state index is 12.4. The number of rotatable bonds is 0. The lowest BCUT2D eigenvalue weighted by Crippen LogP contribution is -2.27. The van der Waals surface area contributed by atoms with Crippen LogP contribution in [-0.4, -0.2) is 39.7 Å². The second-order valence-corrected chi connectivity index (χ2v) is 5.53. The molecule has 2 N–H and O–H groups in total. The molecule has 0 bridgehead atoms. The maximum Gasteiger partial charge on any atom is 0.238 e. The third kappa shape index (κ3) is 1.39. The van der Waals surface area contributed by atoms with Gasteiger partial charge in [-0.05, 0) is 6.07 Å². The van der Waals surface area contributed by atoms with Crippen molar-refractivity contribution >= 4 is 28.4 Å². The second-order valence-electron chi connectivity index (χ2n) is 5.53. The lowest BCUT2D eigenvalue weighted by atomic mass is 9.78. The van der Waals surface area contributed by atoms with Crippen molar-refractivity contribution in [3.05, 3.63) is 35.5 Å². The van der Waals surface area contributed by atoms with Crippen LogP contribution in [0.4, 0.5) is 0 Å². The largest absolute Gasteiger partial charge is 0.411 e. The van der Waals surface area contributed by atoms with Gasteiger partial charge >= 0.3 is 0 Å². The number of carbonyl (C=O) groups excluding carboxylic acids is 2. The molecule has 6 heteroatoms. The molecule has 2 heterocycles. The van der Waals surface area contributed by atoms with Crippen LogP contribution < -0.4 is 0 Å². The molecule has 106 valence electrons. The minimum absolute atomic E-state index is 0.199. The van der Waals surface area contributed by atoms with Gasteiger partial charge in [0.25, 0.3) is 0 Å². The molecule has 21 heavy (non-hydrogen) atoms. The molecule has 0 radical (unpaired) electrons. The number of nitrogens with one attached hydrogen (secondary N) is 1. The van der Waals surface area contributed by atoms with Gasteiger partial charge in [0.2, 0.25) is 11.8 Å². The molecule has 1 aromatic carbocycles. The van der Waals surface area contributed by atoms with Gasteiger partial charge in [-0.2, -0.15) is 0 Å². The fourth-order valence-electron chi connectivity index (χ4n) is 3.52. The Hall–Kier alpha value is -2.63. The topological polar surface area (TPSA) is 85.8 Å². The lowest BCUT2D eigenvalue weighted by molar-refractivity contribution is -0.137. The first-order valence-corrected chi connectivity index (χ1v) is 6.76. The number of benzene rings is 1. The zero-order valence-corrected chi connectivity index (χ0v) is 11.3. The highest BCUT2D eigenvalue weighted by molar-refractivity contribution is 6.19. The van der Waals surface area contributed by atoms with E-state index in [0.717, 1.165) is 16.5 Å². The fourth-order valence-corrected chi connectivity index (χ4v) is 3.52. The maximum absolute atomic E-state index is 12.4. The Morgan fingerprint density at radius 3 is 2.81 bits per heavy atom. The summed E-state index contributed by atoms with van der Waals surface area (Å²) in [4.78, 5) is 29.0. The molecule has 2 unspecified atom stereocenters. The predicted molar refractivity (Wildman–Crippen MR) is 75.2 cm³/mol. The monoisotopic (exact) mass is 283 g/mol. The highest BCUT2D eigenvalue weighted by Crippen LogP contribution is 2.44. The van der Waals surface area contributed by atoms with Crippen molar-refractivity contribution in [3.63, 3.8) is 0 Å². The Bertz CT molecular complexity index is 821. The van der Waals surface area contributed by atoms with E-state index in [2.05, 4.69) is 10.1 Å². The summed E-state index contributed by atoms with van der Waals surface area (Å²) in [6.07, 6.45) is 0.283. The van der Waals surface area contributed by atoms with Gasteiger partial charge in [-0.3, -0.25) is 14.5 Å². The first-order valence-electron chi connectivity index (χ1n) is 6.76. The summed E-state index contributed by atoms with van der Waals surface area (Å²) in [6.45, 7) is 0. The summed E-state index contributed by atoms with van der Waals surface area (Å²) in [5.74, 6) is -1.39. The molecule has 2 amide bonds. The standard InChI is InChI=1S/C15H13N3O3/c1-18-14(19)8-6-10(17-21)11-7-4-2-3-5-9(7)16-13(11)12(8)15(18)20/h2-5,8,12,16,21H,6H2,1H3. The van der Waals surface area contributed by atoms with E-state index < -0.39 is 11.8 Å². The van der Waals surface area contributed by atoms with Crippen LogP contribution in [0.1, 0.15) is 23.6 Å². The number of aromatic amines is 1. The molecule has 0 spiro atoms. The number of likely N-dealkylation sites (N-methyl/N-ethyl adjacent to an activating group) is 1. The molecule has 1 aromatic heterocycles. The Morgan fingerprint density at radius 1 is 1.29 bits per heavy atom. The second kappa shape index (κ2) is 3.94. The number of amides is 2. The molecular weight excluding hydrogens is 270 g/mol. The molecule has 2 aliphatic rings. The summed E-state index contributed by atoms with van der Waals surface area (Å²) in [5, 5.41) is 13.6. The Morgan fingerprint density at radius 2 is 2.05 bits per heavy atom. The SMILES string of the molecule is CN1C(=O)C2CC(=NO)c3c([nH]c4ccccc34)C2C1=O. The van der Waals surface area contributed by atoms with Crippen LogP contribution in [-0.2, 0) is 9.59 Å². The van der Waals surface area contributed by atoms with Gasteiger partial charge in [0, 0.05) is 35.6 Å². The number of para-hydroxylation sites is 1. The summed E-state index contributed by atoms with van der Waals surface area (Å²) in [7, 11) is 1.50. The molecule has 2 aromatic rings. The van der Waals surface area contributed by atoms with E-state index in [4.69, 9.17) is 0 Å². The summed E-state index contributed by atoms with van der Waals surface area (Å²) >= 11 is 0. The molecular formula is C15H13N3O3. The average molecular weight is 283 g/mol. The summed E-state index contributed by atoms with van der Waals surface area (Å²) in [6, 6.07) is 7.61. The van der Waals surface area contributed by atoms with E-state index in [1.165, 1.54) is 11.9 Å². The third-order valence-electron chi connectivity index (χ3n) is 4.52. The van der Waals surface area contributed by atoms with E-state index in [9.17, 15) is 14.8 Å². The number of likely N-dealkylation sites (tertiary alicyclic amines) is 1. The zero-order chi connectivity index (χ0) is 14.7. The van der Waals surface area contributed by atoms with Gasteiger partial charge in [0.05, 0.1) is 17.5 Å². The number of nitrogens with zero attached hydrogens (tertiary/aromatic N) is 2. The minimum Gasteiger partial charge on any atom is -0.411 e. The van der Waals surface area contributed by atoms with Crippen LogP contribution in [0.3, 0.4) is 0 Å². The smallest absolute Gasteiger partial charge is 0.238 e. The van der Waals surface area contributed by atoms with Crippen molar-refractivity contribution < 1.29 is 14.8 Å². The van der Waals surface area contributed by atoms with Crippen LogP contribution >= 0.6 is 0 Å². The van der Waals surface area contributed by atoms with Crippen LogP contribution in [0.25, 0.3) is 10.9 Å². The number of carbonyl (C=O) groups is 2. The van der Waals surface area contributed by atoms with Gasteiger partial charge in [-0.1, -0.05) is 23.4 Å². The van der Waals surface area contributed by atoms with E-state index >= 15 is 0 Å². The van der Waals surface area contributed by atoms with E-state index in [1.54, 1.807) is 0 Å². The predicted octanol–water partition coefficient (Wildman–Crippen LogP) is 1.45. The number of H-pyrrole nitrogens is 1. The normalized spacial score (nSPS) is 26.5. The number of hydrogen-bond acceptors (Lipinski definition) is 4. The van der Waals surface area contributed by atoms with Crippen LogP contribution in [0, 0.1) is 5.92 Å². The summed E-state index contributed by atoms with van der Waals surface area (Å²) < 4.78 is 0. The number of imide groups is 1. The van der Waals surface area contributed by atoms with E-state index in [0.29, 0.717) is 11.4 Å². The van der Waals surface area contributed by atoms with E-state index in [1.807, 2.05) is 24.3 Å². The first kappa shape index (κ1) is 12.1. The fraction of sp³-hybridized carbons (Fsp3) is 0.267. The van der Waals surface area contributed by atoms with Crippen LogP contribution in [0.15, 0.2) is 29.4 Å². The van der Waals surface area contributed by atoms with Crippen LogP contribution in [0.2, 0.25) is 0 Å². The van der Waals surface area contributed by atoms with Crippen molar-refractivity contribution in [2.45, 2.75) is 12.3 Å². The zero-order valence-electron chi connectivity index (χ0n) is 11.3. The first-order chi connectivity index (χ1) is 10.1. The van der Waals surface area contributed by atoms with Crippen molar-refractivity contribution in [2.24, 2.45) is 11.1 Å². The van der Waals surface area contributed by atoms with Crippen LogP contribution in [0.5, 0.6) is 0 Å². The molecule has 1 aliphatic carbocycles. The molecule has 1 aliphatic heterocycles. The minimum atomic E-state index is -0.504. The molecule has 2 atom stereocenters. The van der Waals surface area contributed by atoms with Gasteiger partial charge in [-0.25, -0.2) is 0 Å². The molecule has 1 fully saturated rings. The van der Waals surface area contributed by atoms with Gasteiger partial charge in [0.1, 0.15) is 0 Å². The number of aromatic nitrogens is 1. The molecule has 1 saturated heterocycles. The Kier molecular flexibility index (Phi) is 2.28. The highest BCUT2D eigenvalue weighted by atomic mass is 16.4. The van der Waals surface area contributed by atoms with Crippen molar-refractivity contribution in [2.75, 3.05) is 7.05 Å².